The summed E-state index contributed by atoms with van der Waals surface area (Å²) in [6.45, 7) is 3.62. The van der Waals surface area contributed by atoms with E-state index < -0.39 is 0 Å². The first kappa shape index (κ1) is 31.7. The number of unbranched alkanes of at least 4 members (excludes halogenated alkanes) is 12. The number of rotatable bonds is 22. The van der Waals surface area contributed by atoms with Crippen molar-refractivity contribution >= 4 is 0 Å². The van der Waals surface area contributed by atoms with Crippen molar-refractivity contribution in [3.63, 3.8) is 0 Å². The maximum absolute atomic E-state index is 6.12. The van der Waals surface area contributed by atoms with Crippen LogP contribution in [0.15, 0.2) is 72.8 Å². The molecule has 3 heteroatoms. The van der Waals surface area contributed by atoms with E-state index in [1.165, 1.54) is 82.6 Å². The number of para-hydroxylation sites is 2. The third-order valence-corrected chi connectivity index (χ3v) is 7.61. The Bertz CT molecular complexity index is 1030. The molecule has 0 saturated heterocycles. The third kappa shape index (κ3) is 11.8. The van der Waals surface area contributed by atoms with Crippen LogP contribution in [0.5, 0.6) is 11.5 Å². The summed E-state index contributed by atoms with van der Waals surface area (Å²) in [5, 5.41) is 0. The molecule has 0 saturated carbocycles. The van der Waals surface area contributed by atoms with Gasteiger partial charge in [-0.2, -0.15) is 0 Å². The van der Waals surface area contributed by atoms with Gasteiger partial charge in [0.25, 0.3) is 0 Å². The lowest BCUT2D eigenvalue weighted by atomic mass is 10.0. The Morgan fingerprint density at radius 3 is 1.85 bits per heavy atom. The van der Waals surface area contributed by atoms with Gasteiger partial charge >= 0.3 is 0 Å². The van der Waals surface area contributed by atoms with Crippen molar-refractivity contribution in [2.75, 3.05) is 20.3 Å². The average Bonchev–Trinajstić information content (AvgIpc) is 3.01. The molecule has 1 atom stereocenters. The first-order valence-electron chi connectivity index (χ1n) is 15.8. The largest absolute Gasteiger partial charge is 0.496 e. The van der Waals surface area contributed by atoms with Gasteiger partial charge in [-0.15, -0.1) is 0 Å². The summed E-state index contributed by atoms with van der Waals surface area (Å²) in [5.74, 6) is 1.67. The molecule has 1 unspecified atom stereocenters. The summed E-state index contributed by atoms with van der Waals surface area (Å²) in [7, 11) is 1.71. The Kier molecular flexibility index (Phi) is 16.0. The zero-order chi connectivity index (χ0) is 28.1. The summed E-state index contributed by atoms with van der Waals surface area (Å²) in [5.41, 5.74) is 3.41. The van der Waals surface area contributed by atoms with Gasteiger partial charge in [0.1, 0.15) is 11.5 Å². The average molecular weight is 544 g/mol. The minimum absolute atomic E-state index is 0.262. The van der Waals surface area contributed by atoms with Gasteiger partial charge in [-0.1, -0.05) is 144 Å². The fourth-order valence-electron chi connectivity index (χ4n) is 5.39. The zero-order valence-corrected chi connectivity index (χ0v) is 25.0. The smallest absolute Gasteiger partial charge is 0.135 e. The molecule has 0 bridgehead atoms. The highest BCUT2D eigenvalue weighted by molar-refractivity contribution is 5.75. The second-order valence-electron chi connectivity index (χ2n) is 10.7. The van der Waals surface area contributed by atoms with Crippen molar-refractivity contribution in [1.29, 1.82) is 0 Å². The molecule has 0 heterocycles. The van der Waals surface area contributed by atoms with Gasteiger partial charge in [0.15, 0.2) is 0 Å². The molecule has 3 rings (SSSR count). The van der Waals surface area contributed by atoms with Crippen LogP contribution in [-0.2, 0) is 4.74 Å². The van der Waals surface area contributed by atoms with Crippen LogP contribution in [0, 0.1) is 6.07 Å². The van der Waals surface area contributed by atoms with E-state index in [1.807, 2.05) is 30.3 Å². The third-order valence-electron chi connectivity index (χ3n) is 7.61. The maximum atomic E-state index is 6.12. The molecule has 40 heavy (non-hydrogen) atoms. The van der Waals surface area contributed by atoms with Crippen LogP contribution in [0.1, 0.15) is 108 Å². The van der Waals surface area contributed by atoms with Gasteiger partial charge < -0.3 is 14.2 Å². The Morgan fingerprint density at radius 2 is 1.20 bits per heavy atom. The lowest BCUT2D eigenvalue weighted by molar-refractivity contribution is 0.0542. The van der Waals surface area contributed by atoms with Crippen molar-refractivity contribution in [1.82, 2.24) is 0 Å². The molecule has 0 aliphatic rings. The van der Waals surface area contributed by atoms with Crippen molar-refractivity contribution in [3.05, 3.63) is 84.4 Å². The molecule has 0 aromatic heterocycles. The molecule has 3 nitrogen and oxygen atoms in total. The highest BCUT2D eigenvalue weighted by Crippen LogP contribution is 2.35. The highest BCUT2D eigenvalue weighted by atomic mass is 16.5. The van der Waals surface area contributed by atoms with Crippen molar-refractivity contribution in [2.45, 2.75) is 103 Å². The zero-order valence-electron chi connectivity index (χ0n) is 25.0. The normalized spacial score (nSPS) is 11.8. The number of benzene rings is 3. The van der Waals surface area contributed by atoms with E-state index in [9.17, 15) is 0 Å². The minimum Gasteiger partial charge on any atom is -0.496 e. The lowest BCUT2D eigenvalue weighted by Crippen LogP contribution is -2.04. The number of ether oxygens (including phenoxy) is 3. The monoisotopic (exact) mass is 543 g/mol. The van der Waals surface area contributed by atoms with Gasteiger partial charge in [0, 0.05) is 23.8 Å². The summed E-state index contributed by atoms with van der Waals surface area (Å²) in [6.07, 6.45) is 18.6. The van der Waals surface area contributed by atoms with Crippen molar-refractivity contribution in [3.8, 4) is 22.6 Å². The van der Waals surface area contributed by atoms with Gasteiger partial charge in [0.05, 0.1) is 19.8 Å². The van der Waals surface area contributed by atoms with E-state index in [-0.39, 0.29) is 6.10 Å². The van der Waals surface area contributed by atoms with E-state index >= 15 is 0 Å². The summed E-state index contributed by atoms with van der Waals surface area (Å²) >= 11 is 0. The van der Waals surface area contributed by atoms with Gasteiger partial charge in [-0.25, -0.2) is 0 Å². The lowest BCUT2D eigenvalue weighted by Gasteiger charge is -2.17. The second kappa shape index (κ2) is 20.2. The molecule has 0 N–H and O–H groups in total. The standard InChI is InChI=1S/C37H51O3/c1-3-39-35(32-24-16-15-17-25-32)28-18-13-11-9-7-5-4-6-8-10-12-14-23-31-40-37-30-22-20-27-34(37)33-26-19-21-29-36(33)38-2/h15-17,19-22,24-27,29,35H,3-14,18,23,28,31H2,1-2H3. The fourth-order valence-corrected chi connectivity index (χ4v) is 5.39. The molecule has 217 valence electrons. The van der Waals surface area contributed by atoms with Crippen molar-refractivity contribution in [2.24, 2.45) is 0 Å². The summed E-state index contributed by atoms with van der Waals surface area (Å²) < 4.78 is 17.6. The van der Waals surface area contributed by atoms with Gasteiger partial charge in [-0.3, -0.25) is 0 Å². The van der Waals surface area contributed by atoms with Crippen LogP contribution < -0.4 is 9.47 Å². The Labute approximate surface area is 244 Å². The van der Waals surface area contributed by atoms with E-state index in [4.69, 9.17) is 14.2 Å². The first-order valence-corrected chi connectivity index (χ1v) is 15.8. The van der Waals surface area contributed by atoms with Crippen LogP contribution >= 0.6 is 0 Å². The Balaban J connectivity index is 1.14. The Hall–Kier alpha value is -2.78. The molecule has 3 aromatic carbocycles. The molecule has 1 radical (unpaired) electrons. The van der Waals surface area contributed by atoms with E-state index in [2.05, 4.69) is 55.5 Å². The summed E-state index contributed by atoms with van der Waals surface area (Å²) in [4.78, 5) is 0. The van der Waals surface area contributed by atoms with Crippen LogP contribution in [-0.4, -0.2) is 20.3 Å². The first-order chi connectivity index (χ1) is 19.8. The predicted molar refractivity (Wildman–Crippen MR) is 168 cm³/mol. The predicted octanol–water partition coefficient (Wildman–Crippen LogP) is 10.8. The fraction of sp³-hybridized carbons (Fsp3) is 0.514. The van der Waals surface area contributed by atoms with Crippen LogP contribution in [0.3, 0.4) is 0 Å². The molecular formula is C37H51O3. The molecule has 0 fully saturated rings. The minimum atomic E-state index is 0.262. The highest BCUT2D eigenvalue weighted by Gasteiger charge is 2.11. The number of hydrogen-bond acceptors (Lipinski definition) is 3. The molecule has 0 aliphatic carbocycles. The van der Waals surface area contributed by atoms with Crippen LogP contribution in [0.25, 0.3) is 11.1 Å². The molecular weight excluding hydrogens is 492 g/mol. The van der Waals surface area contributed by atoms with E-state index in [0.717, 1.165) is 48.7 Å². The van der Waals surface area contributed by atoms with Gasteiger partial charge in [0.2, 0.25) is 0 Å². The van der Waals surface area contributed by atoms with Crippen molar-refractivity contribution < 1.29 is 14.2 Å². The molecule has 0 aliphatic heterocycles. The van der Waals surface area contributed by atoms with Crippen LogP contribution in [0.4, 0.5) is 0 Å². The SMILES string of the molecule is CCOC(CCCCCCCCCCCCCCCOc1[c]cccc1-c1ccccc1OC)c1ccccc1. The molecule has 0 amide bonds. The second-order valence-corrected chi connectivity index (χ2v) is 10.7. The Morgan fingerprint density at radius 1 is 0.625 bits per heavy atom. The summed E-state index contributed by atoms with van der Waals surface area (Å²) in [6, 6.07) is 28.0. The van der Waals surface area contributed by atoms with Crippen LogP contribution in [0.2, 0.25) is 0 Å². The van der Waals surface area contributed by atoms with Gasteiger partial charge in [-0.05, 0) is 31.4 Å². The topological polar surface area (TPSA) is 27.7 Å². The molecule has 3 aromatic rings. The quantitative estimate of drug-likeness (QED) is 0.118. The number of methoxy groups -OCH3 is 1. The van der Waals surface area contributed by atoms with E-state index in [0.29, 0.717) is 0 Å². The molecule has 0 spiro atoms. The maximum Gasteiger partial charge on any atom is 0.135 e. The number of hydrogen-bond donors (Lipinski definition) is 0. The van der Waals surface area contributed by atoms with E-state index in [1.54, 1.807) is 7.11 Å².